The number of nitrogens with zero attached hydrogens (tertiary/aromatic N) is 3. The van der Waals surface area contributed by atoms with Crippen molar-refractivity contribution in [1.82, 2.24) is 15.2 Å². The Kier molecular flexibility index (Phi) is 5.64. The van der Waals surface area contributed by atoms with E-state index >= 15 is 0 Å². The van der Waals surface area contributed by atoms with Gasteiger partial charge in [0.2, 0.25) is 0 Å². The molecule has 0 saturated carbocycles. The SMILES string of the molecule is CCNCc1nc(N(C)C2CCN(C)CC2)ccc1Cl. The van der Waals surface area contributed by atoms with Gasteiger partial charge < -0.3 is 15.1 Å². The van der Waals surface area contributed by atoms with Crippen LogP contribution in [-0.2, 0) is 6.54 Å². The van der Waals surface area contributed by atoms with E-state index in [1.165, 1.54) is 12.8 Å². The summed E-state index contributed by atoms with van der Waals surface area (Å²) in [5.74, 6) is 1.02. The highest BCUT2D eigenvalue weighted by molar-refractivity contribution is 6.31. The zero-order chi connectivity index (χ0) is 14.5. The Balaban J connectivity index is 2.07. The molecule has 0 spiro atoms. The molecule has 4 nitrogen and oxygen atoms in total. The summed E-state index contributed by atoms with van der Waals surface area (Å²) in [6.45, 7) is 6.06. The summed E-state index contributed by atoms with van der Waals surface area (Å²) in [6, 6.07) is 4.56. The van der Waals surface area contributed by atoms with Gasteiger partial charge in [-0.05, 0) is 51.7 Å². The van der Waals surface area contributed by atoms with Crippen LogP contribution in [0.3, 0.4) is 0 Å². The van der Waals surface area contributed by atoms with E-state index in [0.29, 0.717) is 6.04 Å². The zero-order valence-corrected chi connectivity index (χ0v) is 13.5. The number of anilines is 1. The maximum atomic E-state index is 6.21. The monoisotopic (exact) mass is 296 g/mol. The topological polar surface area (TPSA) is 31.4 Å². The first-order valence-electron chi connectivity index (χ1n) is 7.39. The van der Waals surface area contributed by atoms with Crippen molar-refractivity contribution in [3.63, 3.8) is 0 Å². The van der Waals surface area contributed by atoms with Crippen molar-refractivity contribution in [2.45, 2.75) is 32.4 Å². The van der Waals surface area contributed by atoms with Crippen molar-refractivity contribution in [2.75, 3.05) is 38.6 Å². The fourth-order valence-electron chi connectivity index (χ4n) is 2.61. The molecular formula is C15H25ClN4. The molecule has 1 saturated heterocycles. The summed E-state index contributed by atoms with van der Waals surface area (Å²) in [5.41, 5.74) is 0.936. The van der Waals surface area contributed by atoms with E-state index in [0.717, 1.165) is 42.7 Å². The molecule has 1 N–H and O–H groups in total. The van der Waals surface area contributed by atoms with E-state index in [1.807, 2.05) is 12.1 Å². The average Bonchev–Trinajstić information content (AvgIpc) is 2.46. The second kappa shape index (κ2) is 7.25. The van der Waals surface area contributed by atoms with Crippen LogP contribution in [0.1, 0.15) is 25.5 Å². The molecule has 0 unspecified atom stereocenters. The van der Waals surface area contributed by atoms with E-state index in [1.54, 1.807) is 0 Å². The molecule has 20 heavy (non-hydrogen) atoms. The molecule has 0 radical (unpaired) electrons. The van der Waals surface area contributed by atoms with Crippen molar-refractivity contribution in [1.29, 1.82) is 0 Å². The number of nitrogens with one attached hydrogen (secondary N) is 1. The van der Waals surface area contributed by atoms with E-state index in [4.69, 9.17) is 16.6 Å². The Morgan fingerprint density at radius 2 is 2.10 bits per heavy atom. The van der Waals surface area contributed by atoms with Gasteiger partial charge in [-0.15, -0.1) is 0 Å². The summed E-state index contributed by atoms with van der Waals surface area (Å²) >= 11 is 6.21. The number of halogens is 1. The first-order chi connectivity index (χ1) is 9.61. The van der Waals surface area contributed by atoms with Gasteiger partial charge >= 0.3 is 0 Å². The molecule has 2 rings (SSSR count). The van der Waals surface area contributed by atoms with Gasteiger partial charge in [-0.2, -0.15) is 0 Å². The minimum atomic E-state index is 0.576. The standard InChI is InChI=1S/C15H25ClN4/c1-4-17-11-14-13(16)5-6-15(18-14)20(3)12-7-9-19(2)10-8-12/h5-6,12,17H,4,7-11H2,1-3H3. The lowest BCUT2D eigenvalue weighted by molar-refractivity contribution is 0.252. The summed E-state index contributed by atoms with van der Waals surface area (Å²) < 4.78 is 0. The molecule has 1 fully saturated rings. The van der Waals surface area contributed by atoms with E-state index in [2.05, 4.69) is 36.1 Å². The lowest BCUT2D eigenvalue weighted by atomic mass is 10.0. The van der Waals surface area contributed by atoms with Crippen molar-refractivity contribution in [3.05, 3.63) is 22.8 Å². The van der Waals surface area contributed by atoms with E-state index < -0.39 is 0 Å². The summed E-state index contributed by atoms with van der Waals surface area (Å²) in [7, 11) is 4.33. The van der Waals surface area contributed by atoms with Crippen LogP contribution in [0.15, 0.2) is 12.1 Å². The maximum Gasteiger partial charge on any atom is 0.128 e. The Labute approximate surface area is 127 Å². The highest BCUT2D eigenvalue weighted by Crippen LogP contribution is 2.23. The molecule has 1 aromatic heterocycles. The third kappa shape index (κ3) is 3.84. The number of likely N-dealkylation sites (tertiary alicyclic amines) is 1. The number of pyridine rings is 1. The van der Waals surface area contributed by atoms with Gasteiger partial charge in [0.15, 0.2) is 0 Å². The quantitative estimate of drug-likeness (QED) is 0.904. The minimum absolute atomic E-state index is 0.576. The predicted molar refractivity (Wildman–Crippen MR) is 85.5 cm³/mol. The molecular weight excluding hydrogens is 272 g/mol. The molecule has 1 aliphatic heterocycles. The predicted octanol–water partition coefficient (Wildman–Crippen LogP) is 2.37. The zero-order valence-electron chi connectivity index (χ0n) is 12.7. The van der Waals surface area contributed by atoms with Crippen LogP contribution in [0.2, 0.25) is 5.02 Å². The second-order valence-electron chi connectivity index (χ2n) is 5.52. The van der Waals surface area contributed by atoms with Gasteiger partial charge in [0.25, 0.3) is 0 Å². The van der Waals surface area contributed by atoms with Crippen molar-refractivity contribution >= 4 is 17.4 Å². The van der Waals surface area contributed by atoms with Crippen LogP contribution in [0.4, 0.5) is 5.82 Å². The third-order valence-corrected chi connectivity index (χ3v) is 4.39. The summed E-state index contributed by atoms with van der Waals surface area (Å²) in [4.78, 5) is 9.41. The van der Waals surface area contributed by atoms with Gasteiger partial charge in [0.1, 0.15) is 5.82 Å². The minimum Gasteiger partial charge on any atom is -0.357 e. The third-order valence-electron chi connectivity index (χ3n) is 4.04. The average molecular weight is 297 g/mol. The molecule has 0 bridgehead atoms. The molecule has 2 heterocycles. The largest absolute Gasteiger partial charge is 0.357 e. The summed E-state index contributed by atoms with van der Waals surface area (Å²) in [6.07, 6.45) is 2.39. The molecule has 1 aromatic rings. The smallest absolute Gasteiger partial charge is 0.128 e. The van der Waals surface area contributed by atoms with Crippen LogP contribution >= 0.6 is 11.6 Å². The Hall–Kier alpha value is -0.840. The van der Waals surface area contributed by atoms with Crippen LogP contribution in [-0.4, -0.2) is 49.7 Å². The van der Waals surface area contributed by atoms with Gasteiger partial charge in [0.05, 0.1) is 10.7 Å². The van der Waals surface area contributed by atoms with Gasteiger partial charge in [-0.25, -0.2) is 4.98 Å². The first kappa shape index (κ1) is 15.5. The number of rotatable bonds is 5. The van der Waals surface area contributed by atoms with E-state index in [-0.39, 0.29) is 0 Å². The maximum absolute atomic E-state index is 6.21. The van der Waals surface area contributed by atoms with E-state index in [9.17, 15) is 0 Å². The molecule has 112 valence electrons. The summed E-state index contributed by atoms with van der Waals surface area (Å²) in [5, 5.41) is 4.03. The van der Waals surface area contributed by atoms with Gasteiger partial charge in [0, 0.05) is 19.6 Å². The van der Waals surface area contributed by atoms with Crippen LogP contribution in [0.5, 0.6) is 0 Å². The normalized spacial score (nSPS) is 17.4. The number of hydrogen-bond donors (Lipinski definition) is 1. The highest BCUT2D eigenvalue weighted by Gasteiger charge is 2.21. The number of piperidine rings is 1. The number of hydrogen-bond acceptors (Lipinski definition) is 4. The van der Waals surface area contributed by atoms with Crippen molar-refractivity contribution < 1.29 is 0 Å². The fraction of sp³-hybridized carbons (Fsp3) is 0.667. The molecule has 0 aliphatic carbocycles. The lowest BCUT2D eigenvalue weighted by Gasteiger charge is -2.35. The van der Waals surface area contributed by atoms with Crippen molar-refractivity contribution in [2.24, 2.45) is 0 Å². The second-order valence-corrected chi connectivity index (χ2v) is 5.93. The lowest BCUT2D eigenvalue weighted by Crippen LogP contribution is -2.42. The molecule has 0 amide bonds. The van der Waals surface area contributed by atoms with Crippen molar-refractivity contribution in [3.8, 4) is 0 Å². The highest BCUT2D eigenvalue weighted by atomic mass is 35.5. The van der Waals surface area contributed by atoms with Gasteiger partial charge in [-0.1, -0.05) is 18.5 Å². The molecule has 5 heteroatoms. The van der Waals surface area contributed by atoms with Crippen LogP contribution < -0.4 is 10.2 Å². The van der Waals surface area contributed by atoms with Gasteiger partial charge in [-0.3, -0.25) is 0 Å². The Bertz CT molecular complexity index is 430. The van der Waals surface area contributed by atoms with Crippen LogP contribution in [0, 0.1) is 0 Å². The van der Waals surface area contributed by atoms with Crippen LogP contribution in [0.25, 0.3) is 0 Å². The fourth-order valence-corrected chi connectivity index (χ4v) is 2.78. The number of aromatic nitrogens is 1. The molecule has 1 aliphatic rings. The molecule has 0 aromatic carbocycles. The Morgan fingerprint density at radius 1 is 1.40 bits per heavy atom. The Morgan fingerprint density at radius 3 is 2.75 bits per heavy atom. The first-order valence-corrected chi connectivity index (χ1v) is 7.77. The molecule has 0 atom stereocenters.